The van der Waals surface area contributed by atoms with Gasteiger partial charge in [0.2, 0.25) is 0 Å². The van der Waals surface area contributed by atoms with Crippen LogP contribution in [0.25, 0.3) is 6.08 Å². The van der Waals surface area contributed by atoms with E-state index < -0.39 is 5.91 Å². The summed E-state index contributed by atoms with van der Waals surface area (Å²) in [7, 11) is 0. The number of halogens is 1. The Labute approximate surface area is 175 Å². The first-order valence-corrected chi connectivity index (χ1v) is 9.60. The molecular weight excluding hydrogens is 392 g/mol. The number of hydrogen-bond acceptors (Lipinski definition) is 5. The van der Waals surface area contributed by atoms with Gasteiger partial charge in [-0.05, 0) is 68.3 Å². The Bertz CT molecular complexity index is 933. The fraction of sp³-hybridized carbons (Fsp3) is 0.273. The van der Waals surface area contributed by atoms with Gasteiger partial charge in [0.25, 0.3) is 5.91 Å². The van der Waals surface area contributed by atoms with Gasteiger partial charge in [-0.1, -0.05) is 18.5 Å². The number of nitrogens with zero attached hydrogens (tertiary/aromatic N) is 1. The normalized spacial score (nSPS) is 12.0. The second kappa shape index (κ2) is 10.4. The van der Waals surface area contributed by atoms with Gasteiger partial charge < -0.3 is 19.9 Å². The molecule has 0 fully saturated rings. The van der Waals surface area contributed by atoms with Crippen molar-refractivity contribution in [1.29, 1.82) is 5.26 Å². The van der Waals surface area contributed by atoms with E-state index in [2.05, 4.69) is 5.32 Å². The number of hydrogen-bond donors (Lipinski definition) is 2. The maximum Gasteiger partial charge on any atom is 0.266 e. The SMILES string of the molecule is CCOc1cc(/C=C(/C#N)C(=O)Nc2ccc(O)cc2)cc(Cl)c1O[C@H](C)CC. The highest BCUT2D eigenvalue weighted by Gasteiger charge is 2.16. The number of nitriles is 1. The van der Waals surface area contributed by atoms with Gasteiger partial charge >= 0.3 is 0 Å². The Morgan fingerprint density at radius 3 is 2.59 bits per heavy atom. The fourth-order valence-corrected chi connectivity index (χ4v) is 2.66. The molecule has 0 radical (unpaired) electrons. The van der Waals surface area contributed by atoms with Crippen LogP contribution in [0.3, 0.4) is 0 Å². The average Bonchev–Trinajstić information content (AvgIpc) is 2.70. The molecule has 2 aromatic carbocycles. The number of phenolic OH excluding ortho intramolecular Hbond substituents is 1. The summed E-state index contributed by atoms with van der Waals surface area (Å²) < 4.78 is 11.5. The van der Waals surface area contributed by atoms with Crippen molar-refractivity contribution in [2.24, 2.45) is 0 Å². The highest BCUT2D eigenvalue weighted by atomic mass is 35.5. The van der Waals surface area contributed by atoms with Crippen LogP contribution in [0.1, 0.15) is 32.8 Å². The van der Waals surface area contributed by atoms with Gasteiger partial charge in [-0.15, -0.1) is 0 Å². The summed E-state index contributed by atoms with van der Waals surface area (Å²) in [6.07, 6.45) is 2.19. The molecule has 0 bridgehead atoms. The molecule has 2 aromatic rings. The van der Waals surface area contributed by atoms with Gasteiger partial charge in [-0.25, -0.2) is 0 Å². The van der Waals surface area contributed by atoms with E-state index in [-0.39, 0.29) is 17.4 Å². The molecule has 2 N–H and O–H groups in total. The van der Waals surface area contributed by atoms with Gasteiger partial charge in [-0.3, -0.25) is 4.79 Å². The maximum atomic E-state index is 12.4. The molecule has 0 aromatic heterocycles. The topological polar surface area (TPSA) is 91.6 Å². The van der Waals surface area contributed by atoms with Crippen LogP contribution in [0.2, 0.25) is 5.02 Å². The summed E-state index contributed by atoms with van der Waals surface area (Å²) in [6, 6.07) is 11.1. The van der Waals surface area contributed by atoms with Crippen molar-refractivity contribution in [3.8, 4) is 23.3 Å². The fourth-order valence-electron chi connectivity index (χ4n) is 2.39. The minimum absolute atomic E-state index is 0.0427. The predicted octanol–water partition coefficient (Wildman–Crippen LogP) is 5.17. The van der Waals surface area contributed by atoms with E-state index in [1.807, 2.05) is 26.8 Å². The van der Waals surface area contributed by atoms with Crippen LogP contribution in [0.4, 0.5) is 5.69 Å². The van der Waals surface area contributed by atoms with Crippen LogP contribution < -0.4 is 14.8 Å². The zero-order valence-electron chi connectivity index (χ0n) is 16.5. The van der Waals surface area contributed by atoms with E-state index >= 15 is 0 Å². The Morgan fingerprint density at radius 1 is 1.31 bits per heavy atom. The van der Waals surface area contributed by atoms with E-state index in [9.17, 15) is 15.2 Å². The Balaban J connectivity index is 2.33. The number of ether oxygens (including phenoxy) is 2. The summed E-state index contributed by atoms with van der Waals surface area (Å²) in [4.78, 5) is 12.4. The summed E-state index contributed by atoms with van der Waals surface area (Å²) in [5, 5.41) is 21.7. The molecule has 29 heavy (non-hydrogen) atoms. The molecule has 0 heterocycles. The largest absolute Gasteiger partial charge is 0.508 e. The molecule has 7 heteroatoms. The number of phenols is 1. The molecule has 0 aliphatic carbocycles. The molecule has 6 nitrogen and oxygen atoms in total. The highest BCUT2D eigenvalue weighted by molar-refractivity contribution is 6.32. The van der Waals surface area contributed by atoms with Crippen molar-refractivity contribution in [3.63, 3.8) is 0 Å². The summed E-state index contributed by atoms with van der Waals surface area (Å²) in [6.45, 7) is 6.19. The van der Waals surface area contributed by atoms with Crippen LogP contribution in [0.15, 0.2) is 42.0 Å². The van der Waals surface area contributed by atoms with E-state index in [4.69, 9.17) is 21.1 Å². The maximum absolute atomic E-state index is 12.4. The second-order valence-electron chi connectivity index (χ2n) is 6.27. The lowest BCUT2D eigenvalue weighted by molar-refractivity contribution is -0.112. The van der Waals surface area contributed by atoms with Gasteiger partial charge in [0.05, 0.1) is 17.7 Å². The Kier molecular flexibility index (Phi) is 7.93. The van der Waals surface area contributed by atoms with Crippen molar-refractivity contribution < 1.29 is 19.4 Å². The zero-order valence-corrected chi connectivity index (χ0v) is 17.3. The highest BCUT2D eigenvalue weighted by Crippen LogP contribution is 2.38. The predicted molar refractivity (Wildman–Crippen MR) is 113 cm³/mol. The molecule has 0 spiro atoms. The van der Waals surface area contributed by atoms with E-state index in [1.165, 1.54) is 30.3 Å². The van der Waals surface area contributed by atoms with Gasteiger partial charge in [-0.2, -0.15) is 5.26 Å². The Morgan fingerprint density at radius 2 is 2.00 bits per heavy atom. The number of amides is 1. The summed E-state index contributed by atoms with van der Waals surface area (Å²) in [5.41, 5.74) is 0.888. The first kappa shape index (κ1) is 22.1. The molecule has 0 aliphatic heterocycles. The van der Waals surface area contributed by atoms with Crippen LogP contribution in [0.5, 0.6) is 17.2 Å². The number of aromatic hydroxyl groups is 1. The van der Waals surface area contributed by atoms with Crippen molar-refractivity contribution >= 4 is 29.3 Å². The molecule has 0 unspecified atom stereocenters. The summed E-state index contributed by atoms with van der Waals surface area (Å²) >= 11 is 6.38. The zero-order chi connectivity index (χ0) is 21.4. The van der Waals surface area contributed by atoms with Crippen molar-refractivity contribution in [3.05, 3.63) is 52.6 Å². The van der Waals surface area contributed by atoms with Crippen LogP contribution in [-0.2, 0) is 4.79 Å². The Hall–Kier alpha value is -3.17. The number of carbonyl (C=O) groups is 1. The number of rotatable bonds is 8. The third-order valence-corrected chi connectivity index (χ3v) is 4.31. The lowest BCUT2D eigenvalue weighted by Crippen LogP contribution is -2.13. The van der Waals surface area contributed by atoms with Gasteiger partial charge in [0.1, 0.15) is 17.4 Å². The second-order valence-corrected chi connectivity index (χ2v) is 6.68. The van der Waals surface area contributed by atoms with Crippen molar-refractivity contribution in [2.75, 3.05) is 11.9 Å². The molecule has 2 rings (SSSR count). The van der Waals surface area contributed by atoms with Crippen LogP contribution in [0, 0.1) is 11.3 Å². The van der Waals surface area contributed by atoms with Crippen LogP contribution >= 0.6 is 11.6 Å². The van der Waals surface area contributed by atoms with Crippen molar-refractivity contribution in [1.82, 2.24) is 0 Å². The van der Waals surface area contributed by atoms with E-state index in [1.54, 1.807) is 12.1 Å². The van der Waals surface area contributed by atoms with Gasteiger partial charge in [0, 0.05) is 5.69 Å². The molecule has 1 amide bonds. The smallest absolute Gasteiger partial charge is 0.266 e. The first-order chi connectivity index (χ1) is 13.9. The quantitative estimate of drug-likeness (QED) is 0.353. The molecule has 1 atom stereocenters. The minimum atomic E-state index is -0.577. The molecule has 0 saturated heterocycles. The molecule has 0 saturated carbocycles. The monoisotopic (exact) mass is 414 g/mol. The molecule has 0 aliphatic rings. The van der Waals surface area contributed by atoms with Crippen molar-refractivity contribution in [2.45, 2.75) is 33.3 Å². The minimum Gasteiger partial charge on any atom is -0.508 e. The lowest BCUT2D eigenvalue weighted by atomic mass is 10.1. The van der Waals surface area contributed by atoms with Crippen LogP contribution in [-0.4, -0.2) is 23.7 Å². The van der Waals surface area contributed by atoms with Gasteiger partial charge in [0.15, 0.2) is 11.5 Å². The number of nitrogens with one attached hydrogen (secondary N) is 1. The summed E-state index contributed by atoms with van der Waals surface area (Å²) in [5.74, 6) is 0.388. The third kappa shape index (κ3) is 6.16. The third-order valence-electron chi connectivity index (χ3n) is 4.03. The molecular formula is C22H23ClN2O4. The standard InChI is InChI=1S/C22H23ClN2O4/c1-4-14(3)29-21-19(23)11-15(12-20(21)28-5-2)10-16(13-24)22(27)25-17-6-8-18(26)9-7-17/h6-12,14,26H,4-5H2,1-3H3,(H,25,27)/b16-10-/t14-/m1/s1. The number of anilines is 1. The van der Waals surface area contributed by atoms with E-state index in [0.29, 0.717) is 34.4 Å². The molecule has 152 valence electrons. The lowest BCUT2D eigenvalue weighted by Gasteiger charge is -2.18. The first-order valence-electron chi connectivity index (χ1n) is 9.23. The van der Waals surface area contributed by atoms with E-state index in [0.717, 1.165) is 6.42 Å². The number of carbonyl (C=O) groups excluding carboxylic acids is 1. The number of benzene rings is 2. The average molecular weight is 415 g/mol.